The van der Waals surface area contributed by atoms with Crippen LogP contribution >= 0.6 is 11.8 Å². The summed E-state index contributed by atoms with van der Waals surface area (Å²) in [6, 6.07) is 12.1. The Kier molecular flexibility index (Phi) is 5.60. The van der Waals surface area contributed by atoms with Crippen LogP contribution in [0.4, 0.5) is 18.9 Å². The third-order valence-corrected chi connectivity index (χ3v) is 5.31. The van der Waals surface area contributed by atoms with Gasteiger partial charge in [0.25, 0.3) is 0 Å². The number of thioether (sulfide) groups is 1. The van der Waals surface area contributed by atoms with Crippen molar-refractivity contribution in [2.24, 2.45) is 0 Å². The number of benzene rings is 2. The number of nitrogens with zero attached hydrogens (tertiary/aromatic N) is 2. The first-order chi connectivity index (χ1) is 13.2. The summed E-state index contributed by atoms with van der Waals surface area (Å²) in [5, 5.41) is 2.82. The van der Waals surface area contributed by atoms with Crippen molar-refractivity contribution in [2.45, 2.75) is 37.2 Å². The summed E-state index contributed by atoms with van der Waals surface area (Å²) >= 11 is 0.979. The van der Waals surface area contributed by atoms with E-state index in [1.165, 1.54) is 6.07 Å². The van der Waals surface area contributed by atoms with Gasteiger partial charge < -0.3 is 5.32 Å². The SMILES string of the molecule is Cc1cccc(C)c1NC(=O)C(C)Sc1nc(C(F)(F)F)nc2ccccc12. The number of hydrogen-bond acceptors (Lipinski definition) is 4. The predicted molar refractivity (Wildman–Crippen MR) is 104 cm³/mol. The largest absolute Gasteiger partial charge is 0.451 e. The van der Waals surface area contributed by atoms with Crippen LogP contribution in [0.2, 0.25) is 0 Å². The highest BCUT2D eigenvalue weighted by atomic mass is 32.2. The molecule has 146 valence electrons. The lowest BCUT2D eigenvalue weighted by Crippen LogP contribution is -2.23. The molecule has 0 saturated carbocycles. The van der Waals surface area contributed by atoms with Crippen LogP contribution in [0.25, 0.3) is 10.9 Å². The number of carbonyl (C=O) groups is 1. The lowest BCUT2D eigenvalue weighted by atomic mass is 10.1. The summed E-state index contributed by atoms with van der Waals surface area (Å²) in [5.41, 5.74) is 2.73. The van der Waals surface area contributed by atoms with Crippen LogP contribution in [-0.4, -0.2) is 21.1 Å². The highest BCUT2D eigenvalue weighted by molar-refractivity contribution is 8.00. The first kappa shape index (κ1) is 20.1. The van der Waals surface area contributed by atoms with Gasteiger partial charge in [0.2, 0.25) is 11.7 Å². The topological polar surface area (TPSA) is 54.9 Å². The molecule has 3 rings (SSSR count). The maximum Gasteiger partial charge on any atom is 0.451 e. The Morgan fingerprint density at radius 2 is 1.68 bits per heavy atom. The molecule has 1 atom stereocenters. The molecule has 0 radical (unpaired) electrons. The minimum atomic E-state index is -4.66. The van der Waals surface area contributed by atoms with Crippen LogP contribution in [0, 0.1) is 13.8 Å². The van der Waals surface area contributed by atoms with Crippen LogP contribution < -0.4 is 5.32 Å². The van der Waals surface area contributed by atoms with Gasteiger partial charge in [-0.2, -0.15) is 13.2 Å². The number of nitrogens with one attached hydrogen (secondary N) is 1. The van der Waals surface area contributed by atoms with Crippen LogP contribution in [0.5, 0.6) is 0 Å². The molecular formula is C20H18F3N3OS. The molecule has 1 unspecified atom stereocenters. The lowest BCUT2D eigenvalue weighted by molar-refractivity contribution is -0.145. The summed E-state index contributed by atoms with van der Waals surface area (Å²) < 4.78 is 39.5. The second kappa shape index (κ2) is 7.79. The fraction of sp³-hybridized carbons (Fsp3) is 0.250. The summed E-state index contributed by atoms with van der Waals surface area (Å²) in [6.07, 6.45) is -4.66. The van der Waals surface area contributed by atoms with Gasteiger partial charge in [0.15, 0.2) is 0 Å². The minimum absolute atomic E-state index is 0.127. The average molecular weight is 405 g/mol. The van der Waals surface area contributed by atoms with Gasteiger partial charge in [0, 0.05) is 11.1 Å². The minimum Gasteiger partial charge on any atom is -0.325 e. The molecule has 0 aliphatic rings. The standard InChI is InChI=1S/C20H18F3N3OS/c1-11-7-6-8-12(2)16(11)25-17(27)13(3)28-18-14-9-4-5-10-15(14)24-19(26-18)20(21,22)23/h4-10,13H,1-3H3,(H,25,27). The van der Waals surface area contributed by atoms with Gasteiger partial charge in [-0.1, -0.05) is 48.2 Å². The number of fused-ring (bicyclic) bond motifs is 1. The first-order valence-corrected chi connectivity index (χ1v) is 9.42. The molecule has 1 amide bonds. The van der Waals surface area contributed by atoms with Crippen LogP contribution in [0.1, 0.15) is 23.9 Å². The second-order valence-electron chi connectivity index (χ2n) is 6.38. The molecule has 4 nitrogen and oxygen atoms in total. The van der Waals surface area contributed by atoms with E-state index >= 15 is 0 Å². The predicted octanol–water partition coefficient (Wildman–Crippen LogP) is 5.38. The Hall–Kier alpha value is -2.61. The molecule has 1 N–H and O–H groups in total. The number of aryl methyl sites for hydroxylation is 2. The molecule has 28 heavy (non-hydrogen) atoms. The van der Waals surface area contributed by atoms with Crippen molar-refractivity contribution in [3.8, 4) is 0 Å². The van der Waals surface area contributed by atoms with Gasteiger partial charge in [-0.25, -0.2) is 9.97 Å². The van der Waals surface area contributed by atoms with Crippen molar-refractivity contribution in [2.75, 3.05) is 5.32 Å². The number of rotatable bonds is 4. The number of hydrogen-bond donors (Lipinski definition) is 1. The smallest absolute Gasteiger partial charge is 0.325 e. The zero-order valence-electron chi connectivity index (χ0n) is 15.5. The van der Waals surface area contributed by atoms with Crippen LogP contribution in [-0.2, 0) is 11.0 Å². The van der Waals surface area contributed by atoms with Crippen molar-refractivity contribution >= 4 is 34.3 Å². The zero-order chi connectivity index (χ0) is 20.5. The number of alkyl halides is 3. The van der Waals surface area contributed by atoms with E-state index < -0.39 is 17.3 Å². The van der Waals surface area contributed by atoms with Crippen LogP contribution in [0.3, 0.4) is 0 Å². The molecule has 3 aromatic rings. The van der Waals surface area contributed by atoms with E-state index in [9.17, 15) is 18.0 Å². The fourth-order valence-electron chi connectivity index (χ4n) is 2.72. The van der Waals surface area contributed by atoms with Crippen molar-refractivity contribution < 1.29 is 18.0 Å². The third kappa shape index (κ3) is 4.27. The van der Waals surface area contributed by atoms with E-state index in [1.54, 1.807) is 25.1 Å². The summed E-state index contributed by atoms with van der Waals surface area (Å²) in [6.45, 7) is 5.40. The Bertz CT molecular complexity index is 1020. The van der Waals surface area contributed by atoms with Crippen molar-refractivity contribution in [3.63, 3.8) is 0 Å². The average Bonchev–Trinajstić information content (AvgIpc) is 2.63. The quantitative estimate of drug-likeness (QED) is 0.467. The Balaban J connectivity index is 1.90. The van der Waals surface area contributed by atoms with E-state index in [0.29, 0.717) is 11.1 Å². The summed E-state index contributed by atoms with van der Waals surface area (Å²) in [5.74, 6) is -1.52. The molecule has 1 heterocycles. The van der Waals surface area contributed by atoms with Gasteiger partial charge in [-0.05, 0) is 38.0 Å². The molecule has 0 aliphatic carbocycles. The van der Waals surface area contributed by atoms with E-state index in [4.69, 9.17) is 0 Å². The van der Waals surface area contributed by atoms with Gasteiger partial charge in [-0.3, -0.25) is 4.79 Å². The van der Waals surface area contributed by atoms with E-state index in [0.717, 1.165) is 22.9 Å². The summed E-state index contributed by atoms with van der Waals surface area (Å²) in [4.78, 5) is 19.9. The Morgan fingerprint density at radius 1 is 1.04 bits per heavy atom. The highest BCUT2D eigenvalue weighted by Gasteiger charge is 2.36. The van der Waals surface area contributed by atoms with Gasteiger partial charge in [0.05, 0.1) is 10.8 Å². The number of halogens is 3. The number of amides is 1. The van der Waals surface area contributed by atoms with E-state index in [-0.39, 0.29) is 16.4 Å². The van der Waals surface area contributed by atoms with Gasteiger partial charge in [0.1, 0.15) is 5.03 Å². The van der Waals surface area contributed by atoms with Gasteiger partial charge >= 0.3 is 6.18 Å². The Morgan fingerprint density at radius 3 is 2.32 bits per heavy atom. The molecule has 0 spiro atoms. The zero-order valence-corrected chi connectivity index (χ0v) is 16.3. The fourth-order valence-corrected chi connectivity index (χ4v) is 3.66. The van der Waals surface area contributed by atoms with Crippen molar-refractivity contribution in [1.29, 1.82) is 0 Å². The molecule has 2 aromatic carbocycles. The van der Waals surface area contributed by atoms with E-state index in [1.807, 2.05) is 32.0 Å². The van der Waals surface area contributed by atoms with Crippen LogP contribution in [0.15, 0.2) is 47.5 Å². The number of anilines is 1. The monoisotopic (exact) mass is 405 g/mol. The lowest BCUT2D eigenvalue weighted by Gasteiger charge is -2.16. The number of para-hydroxylation sites is 2. The first-order valence-electron chi connectivity index (χ1n) is 8.54. The Labute approximate surface area is 164 Å². The van der Waals surface area contributed by atoms with Gasteiger partial charge in [-0.15, -0.1) is 0 Å². The molecule has 8 heteroatoms. The molecule has 0 bridgehead atoms. The third-order valence-electron chi connectivity index (χ3n) is 4.21. The maximum atomic E-state index is 13.2. The maximum absolute atomic E-state index is 13.2. The second-order valence-corrected chi connectivity index (χ2v) is 7.71. The molecule has 0 aliphatic heterocycles. The normalized spacial score (nSPS) is 12.8. The molecule has 1 aromatic heterocycles. The molecular weight excluding hydrogens is 387 g/mol. The van der Waals surface area contributed by atoms with Crippen molar-refractivity contribution in [1.82, 2.24) is 9.97 Å². The summed E-state index contributed by atoms with van der Waals surface area (Å²) in [7, 11) is 0. The highest BCUT2D eigenvalue weighted by Crippen LogP contribution is 2.34. The van der Waals surface area contributed by atoms with E-state index in [2.05, 4.69) is 15.3 Å². The molecule has 0 saturated heterocycles. The molecule has 0 fully saturated rings. The number of aromatic nitrogens is 2. The van der Waals surface area contributed by atoms with Crippen molar-refractivity contribution in [3.05, 3.63) is 59.4 Å². The number of carbonyl (C=O) groups excluding carboxylic acids is 1.